The molecule has 0 aliphatic heterocycles. The van der Waals surface area contributed by atoms with Gasteiger partial charge in [0, 0.05) is 22.8 Å². The zero-order chi connectivity index (χ0) is 16.8. The van der Waals surface area contributed by atoms with Crippen LogP contribution in [0.25, 0.3) is 0 Å². The molecule has 0 saturated heterocycles. The maximum Gasteiger partial charge on any atom is 0.224 e. The number of amides is 1. The number of rotatable bonds is 6. The molecule has 122 valence electrons. The van der Waals surface area contributed by atoms with Gasteiger partial charge in [0.25, 0.3) is 0 Å². The van der Waals surface area contributed by atoms with E-state index in [-0.39, 0.29) is 5.91 Å². The van der Waals surface area contributed by atoms with E-state index in [2.05, 4.69) is 5.32 Å². The van der Waals surface area contributed by atoms with Gasteiger partial charge in [0.2, 0.25) is 5.91 Å². The molecule has 0 atom stereocenters. The number of halogens is 2. The largest absolute Gasteiger partial charge is 0.492 e. The number of nitrogens with two attached hydrogens (primary N) is 1. The fourth-order valence-corrected chi connectivity index (χ4v) is 2.41. The zero-order valence-corrected chi connectivity index (χ0v) is 14.2. The van der Waals surface area contributed by atoms with Crippen molar-refractivity contribution in [2.24, 2.45) is 0 Å². The van der Waals surface area contributed by atoms with Crippen molar-refractivity contribution in [1.82, 2.24) is 0 Å². The topological polar surface area (TPSA) is 64.3 Å². The van der Waals surface area contributed by atoms with Crippen molar-refractivity contribution in [3.05, 3.63) is 52.0 Å². The molecule has 0 aliphatic rings. The number of carbonyl (C=O) groups is 1. The second kappa shape index (κ2) is 8.09. The van der Waals surface area contributed by atoms with Crippen molar-refractivity contribution in [3.63, 3.8) is 0 Å². The van der Waals surface area contributed by atoms with Crippen molar-refractivity contribution in [2.45, 2.75) is 19.8 Å². The predicted molar refractivity (Wildman–Crippen MR) is 95.4 cm³/mol. The van der Waals surface area contributed by atoms with Crippen LogP contribution >= 0.6 is 23.2 Å². The monoisotopic (exact) mass is 352 g/mol. The second-order valence-electron chi connectivity index (χ2n) is 5.15. The lowest BCUT2D eigenvalue weighted by molar-refractivity contribution is -0.116. The Hall–Kier alpha value is -1.91. The molecule has 0 fully saturated rings. The molecular weight excluding hydrogens is 335 g/mol. The zero-order valence-electron chi connectivity index (χ0n) is 12.7. The third-order valence-electron chi connectivity index (χ3n) is 3.26. The molecule has 0 aromatic heterocycles. The van der Waals surface area contributed by atoms with Gasteiger partial charge >= 0.3 is 0 Å². The number of nitrogens with one attached hydrogen (secondary N) is 1. The number of hydrogen-bond donors (Lipinski definition) is 2. The third kappa shape index (κ3) is 5.34. The maximum absolute atomic E-state index is 11.9. The number of carbonyl (C=O) groups excluding carboxylic acids is 1. The van der Waals surface area contributed by atoms with Crippen molar-refractivity contribution < 1.29 is 9.53 Å². The third-order valence-corrected chi connectivity index (χ3v) is 3.79. The summed E-state index contributed by atoms with van der Waals surface area (Å²) < 4.78 is 5.54. The summed E-state index contributed by atoms with van der Waals surface area (Å²) in [6.45, 7) is 2.31. The van der Waals surface area contributed by atoms with Crippen LogP contribution in [0, 0.1) is 6.92 Å². The van der Waals surface area contributed by atoms with Crippen LogP contribution in [0.2, 0.25) is 10.0 Å². The first kappa shape index (κ1) is 17.4. The van der Waals surface area contributed by atoms with E-state index in [9.17, 15) is 4.79 Å². The average molecular weight is 353 g/mol. The highest BCUT2D eigenvalue weighted by molar-refractivity contribution is 6.35. The molecule has 0 heterocycles. The van der Waals surface area contributed by atoms with Gasteiger partial charge in [-0.25, -0.2) is 0 Å². The Labute approximate surface area is 145 Å². The standard InChI is InChI=1S/C17H18Cl2N2O2/c1-11-4-6-13(10-15(11)20)21-17(22)3-2-8-23-16-7-5-12(18)9-14(16)19/h4-7,9-10H,2-3,8,20H2,1H3,(H,21,22). The summed E-state index contributed by atoms with van der Waals surface area (Å²) in [5, 5.41) is 3.82. The SMILES string of the molecule is Cc1ccc(NC(=O)CCCOc2ccc(Cl)cc2Cl)cc1N. The minimum Gasteiger partial charge on any atom is -0.492 e. The lowest BCUT2D eigenvalue weighted by Crippen LogP contribution is -2.13. The Bertz CT molecular complexity index is 705. The number of benzene rings is 2. The fraction of sp³-hybridized carbons (Fsp3) is 0.235. The summed E-state index contributed by atoms with van der Waals surface area (Å²) in [6, 6.07) is 10.5. The van der Waals surface area contributed by atoms with Gasteiger partial charge in [0.15, 0.2) is 0 Å². The molecule has 3 N–H and O–H groups in total. The fourth-order valence-electron chi connectivity index (χ4n) is 1.95. The molecule has 23 heavy (non-hydrogen) atoms. The van der Waals surface area contributed by atoms with E-state index >= 15 is 0 Å². The van der Waals surface area contributed by atoms with Crippen LogP contribution in [0.5, 0.6) is 5.75 Å². The smallest absolute Gasteiger partial charge is 0.224 e. The van der Waals surface area contributed by atoms with E-state index in [0.29, 0.717) is 46.6 Å². The van der Waals surface area contributed by atoms with Gasteiger partial charge in [0.1, 0.15) is 5.75 Å². The molecule has 4 nitrogen and oxygen atoms in total. The van der Waals surface area contributed by atoms with Crippen LogP contribution < -0.4 is 15.8 Å². The van der Waals surface area contributed by atoms with Gasteiger partial charge in [-0.3, -0.25) is 4.79 Å². The van der Waals surface area contributed by atoms with E-state index in [1.165, 1.54) is 0 Å². The van der Waals surface area contributed by atoms with Crippen molar-refractivity contribution >= 4 is 40.5 Å². The molecular formula is C17H18Cl2N2O2. The molecule has 0 radical (unpaired) electrons. The Morgan fingerprint density at radius 1 is 1.22 bits per heavy atom. The number of ether oxygens (including phenoxy) is 1. The number of nitrogen functional groups attached to an aromatic ring is 1. The van der Waals surface area contributed by atoms with E-state index in [0.717, 1.165) is 5.56 Å². The van der Waals surface area contributed by atoms with E-state index in [1.54, 1.807) is 24.3 Å². The quantitative estimate of drug-likeness (QED) is 0.585. The molecule has 0 saturated carbocycles. The summed E-state index contributed by atoms with van der Waals surface area (Å²) >= 11 is 11.8. The summed E-state index contributed by atoms with van der Waals surface area (Å²) in [7, 11) is 0. The number of aryl methyl sites for hydroxylation is 1. The lowest BCUT2D eigenvalue weighted by atomic mass is 10.2. The van der Waals surface area contributed by atoms with Crippen molar-refractivity contribution in [3.8, 4) is 5.75 Å². The molecule has 6 heteroatoms. The molecule has 0 aliphatic carbocycles. The molecule has 2 rings (SSSR count). The first-order valence-electron chi connectivity index (χ1n) is 7.19. The summed E-state index contributed by atoms with van der Waals surface area (Å²) in [5.41, 5.74) is 8.15. The lowest BCUT2D eigenvalue weighted by Gasteiger charge is -2.09. The average Bonchev–Trinajstić information content (AvgIpc) is 2.49. The Kier molecular flexibility index (Phi) is 6.13. The highest BCUT2D eigenvalue weighted by Crippen LogP contribution is 2.27. The Balaban J connectivity index is 1.75. The molecule has 2 aromatic carbocycles. The summed E-state index contributed by atoms with van der Waals surface area (Å²) in [5.74, 6) is 0.474. The first-order chi connectivity index (χ1) is 11.0. The van der Waals surface area contributed by atoms with Gasteiger partial charge in [-0.2, -0.15) is 0 Å². The van der Waals surface area contributed by atoms with Crippen LogP contribution in [0.1, 0.15) is 18.4 Å². The molecule has 0 spiro atoms. The van der Waals surface area contributed by atoms with Crippen molar-refractivity contribution in [2.75, 3.05) is 17.7 Å². The van der Waals surface area contributed by atoms with E-state index in [4.69, 9.17) is 33.7 Å². The van der Waals surface area contributed by atoms with Crippen LogP contribution in [0.3, 0.4) is 0 Å². The Morgan fingerprint density at radius 2 is 2.00 bits per heavy atom. The summed E-state index contributed by atoms with van der Waals surface area (Å²) in [6.07, 6.45) is 0.922. The first-order valence-corrected chi connectivity index (χ1v) is 7.95. The number of hydrogen-bond acceptors (Lipinski definition) is 3. The maximum atomic E-state index is 11.9. The van der Waals surface area contributed by atoms with Gasteiger partial charge in [-0.15, -0.1) is 0 Å². The highest BCUT2D eigenvalue weighted by atomic mass is 35.5. The normalized spacial score (nSPS) is 10.4. The number of anilines is 2. The van der Waals surface area contributed by atoms with Crippen LogP contribution in [0.4, 0.5) is 11.4 Å². The van der Waals surface area contributed by atoms with Gasteiger partial charge in [0.05, 0.1) is 11.6 Å². The summed E-state index contributed by atoms with van der Waals surface area (Å²) in [4.78, 5) is 11.9. The van der Waals surface area contributed by atoms with Gasteiger partial charge < -0.3 is 15.8 Å². The van der Waals surface area contributed by atoms with Crippen molar-refractivity contribution in [1.29, 1.82) is 0 Å². The minimum absolute atomic E-state index is 0.0842. The van der Waals surface area contributed by atoms with Crippen LogP contribution in [-0.2, 0) is 4.79 Å². The van der Waals surface area contributed by atoms with Gasteiger partial charge in [-0.1, -0.05) is 29.3 Å². The molecule has 0 bridgehead atoms. The molecule has 1 amide bonds. The Morgan fingerprint density at radius 3 is 2.70 bits per heavy atom. The molecule has 0 unspecified atom stereocenters. The highest BCUT2D eigenvalue weighted by Gasteiger charge is 2.05. The van der Waals surface area contributed by atoms with Gasteiger partial charge in [-0.05, 0) is 49.2 Å². The van der Waals surface area contributed by atoms with Crippen LogP contribution in [0.15, 0.2) is 36.4 Å². The van der Waals surface area contributed by atoms with E-state index in [1.807, 2.05) is 19.1 Å². The van der Waals surface area contributed by atoms with Crippen LogP contribution in [-0.4, -0.2) is 12.5 Å². The molecule has 2 aromatic rings. The van der Waals surface area contributed by atoms with E-state index < -0.39 is 0 Å². The minimum atomic E-state index is -0.0842. The second-order valence-corrected chi connectivity index (χ2v) is 5.99. The predicted octanol–water partition coefficient (Wildman–Crippen LogP) is 4.68.